The van der Waals surface area contributed by atoms with Gasteiger partial charge in [0.2, 0.25) is 0 Å². The fourth-order valence-corrected chi connectivity index (χ4v) is 18.6. The number of rotatable bonds is 41. The first-order valence-electron chi connectivity index (χ1n) is 45.3. The summed E-state index contributed by atoms with van der Waals surface area (Å²) in [6.07, 6.45) is 33.0. The molecule has 4 saturated heterocycles. The summed E-state index contributed by atoms with van der Waals surface area (Å²) in [5, 5.41) is 28.7. The van der Waals surface area contributed by atoms with Crippen molar-refractivity contribution in [2.45, 2.75) is 439 Å². The van der Waals surface area contributed by atoms with Crippen molar-refractivity contribution in [3.63, 3.8) is 0 Å². The van der Waals surface area contributed by atoms with Crippen LogP contribution in [0.3, 0.4) is 0 Å². The number of likely N-dealkylation sites (tertiary alicyclic amines) is 2. The second-order valence-electron chi connectivity index (χ2n) is 40.3. The lowest BCUT2D eigenvalue weighted by Crippen LogP contribution is -2.60. The van der Waals surface area contributed by atoms with Gasteiger partial charge in [-0.1, -0.05) is 164 Å². The zero-order valence-corrected chi connectivity index (χ0v) is 77.5. The van der Waals surface area contributed by atoms with Crippen molar-refractivity contribution in [2.75, 3.05) is 33.9 Å². The van der Waals surface area contributed by atoms with E-state index >= 15 is 0 Å². The van der Waals surface area contributed by atoms with Crippen molar-refractivity contribution >= 4 is 23.9 Å². The summed E-state index contributed by atoms with van der Waals surface area (Å²) < 4.78 is 34.8. The minimum absolute atomic E-state index is 0.000484. The van der Waals surface area contributed by atoms with Crippen LogP contribution in [0, 0.1) is 27.7 Å². The van der Waals surface area contributed by atoms with Crippen LogP contribution in [0.4, 0.5) is 0 Å². The molecule has 19 heteroatoms. The maximum atomic E-state index is 12.4. The van der Waals surface area contributed by atoms with Crippen LogP contribution in [0.25, 0.3) is 34.2 Å². The fourth-order valence-electron chi connectivity index (χ4n) is 18.6. The summed E-state index contributed by atoms with van der Waals surface area (Å²) >= 11 is 0. The van der Waals surface area contributed by atoms with Gasteiger partial charge >= 0.3 is 23.9 Å². The quantitative estimate of drug-likeness (QED) is 0.0184. The number of esters is 4. The maximum Gasteiger partial charge on any atom is 0.306 e. The molecule has 4 N–H and O–H groups in total. The van der Waals surface area contributed by atoms with E-state index in [1.165, 1.54) is 57.4 Å². The number of carbonyl (C=O) groups excluding carboxylic acids is 4. The molecule has 8 rings (SSSR count). The number of nitrogens with one attached hydrogen (secondary N) is 2. The number of aromatic hydroxyl groups is 1. The highest BCUT2D eigenvalue weighted by molar-refractivity contribution is 5.73. The molecular weight excluding hydrogens is 1470 g/mol. The van der Waals surface area contributed by atoms with E-state index in [2.05, 4.69) is 178 Å². The van der Waals surface area contributed by atoms with Gasteiger partial charge in [-0.2, -0.15) is 0 Å². The predicted molar refractivity (Wildman–Crippen MR) is 476 cm³/mol. The number of phenols is 1. The largest absolute Gasteiger partial charge is 0.507 e. The standard InChI is InChI=1S/C40H53N3O4.C30H56N2O4.C28H52N2O4/c1-6-7-8-9-10-11-12-13-14-15-22-46-26-32(44)27-47-33-18-21-36(37(45)25-33)40-42-38(34-19-16-28(2)23-30(34)4)41-39(43-40)35-20-17-29(3)24-31(35)5;1-27(2)19-23(20-28(3,4)31(27)9)35-25(33)17-15-13-11-12-14-16-18-26(34)36-24-21-29(5,6)32(10)30(7,8)22-24;1-25(2)17-21(18-26(3,4)29-25)33-23(31)15-13-11-9-10-12-14-16-24(32)34-22-19-27(5,6)30-28(7,8)20-22/h16-21,23-25,32,44-45H,6-15,22,26-27H2,1-5H3;23-24H,11-22H2,1-10H3;21-22,29-30H,9-20H2,1-8H3. The Morgan fingerprint density at radius 1 is 0.402 bits per heavy atom. The SMILES string of the molecule is CC1(C)CC(OC(=O)CCCCCCCCC(=O)OC2CC(C)(C)NC(C)(C)C2)CC(C)(C)N1.CCCCCCCCCCCCOCC(O)COc1ccc(-c2nc(-c3ccc(C)cc3C)nc(-c3ccc(C)cc3C)n2)c(O)c1.CN1C(C)(C)CC(OC(=O)CCCCCCCCC(=O)OC2CC(C)(C)N(C)C(C)(C)C2)CC1(C)C. The van der Waals surface area contributed by atoms with Gasteiger partial charge in [0.15, 0.2) is 17.5 Å². The zero-order chi connectivity index (χ0) is 86.6. The van der Waals surface area contributed by atoms with Gasteiger partial charge in [0.05, 0.1) is 12.2 Å². The molecule has 3 aromatic carbocycles. The molecule has 4 aliphatic heterocycles. The summed E-state index contributed by atoms with van der Waals surface area (Å²) in [5.41, 5.74) is 6.79. The number of aliphatic hydroxyl groups excluding tert-OH is 1. The van der Waals surface area contributed by atoms with Crippen molar-refractivity contribution in [2.24, 2.45) is 0 Å². The molecule has 0 bridgehead atoms. The highest BCUT2D eigenvalue weighted by atomic mass is 16.6. The van der Waals surface area contributed by atoms with Crippen LogP contribution >= 0.6 is 0 Å². The second kappa shape index (κ2) is 46.2. The number of unbranched alkanes of at least 4 members (excludes halogenated alkanes) is 19. The van der Waals surface area contributed by atoms with E-state index < -0.39 is 6.10 Å². The number of benzene rings is 3. The Hall–Kier alpha value is -6.09. The molecule has 0 saturated carbocycles. The van der Waals surface area contributed by atoms with E-state index in [0.29, 0.717) is 61.1 Å². The van der Waals surface area contributed by atoms with Crippen molar-refractivity contribution in [3.8, 4) is 45.7 Å². The number of aryl methyl sites for hydroxylation is 4. The van der Waals surface area contributed by atoms with Crippen LogP contribution in [0.2, 0.25) is 0 Å². The Morgan fingerprint density at radius 3 is 1.01 bits per heavy atom. The normalized spacial score (nSPS) is 19.2. The average molecular weight is 1630 g/mol. The van der Waals surface area contributed by atoms with Crippen LogP contribution < -0.4 is 15.4 Å². The molecular formula is C98H161N7O12. The Balaban J connectivity index is 0.000000278. The monoisotopic (exact) mass is 1630 g/mol. The third-order valence-corrected chi connectivity index (χ3v) is 24.5. The van der Waals surface area contributed by atoms with Gasteiger partial charge in [0.1, 0.15) is 48.6 Å². The Labute approximate surface area is 708 Å². The van der Waals surface area contributed by atoms with E-state index in [0.717, 1.165) is 175 Å². The van der Waals surface area contributed by atoms with E-state index in [1.807, 2.05) is 38.1 Å². The summed E-state index contributed by atoms with van der Waals surface area (Å²) in [5.74, 6) is 1.65. The molecule has 0 aliphatic carbocycles. The molecule has 4 aromatic rings. The number of carbonyl (C=O) groups is 4. The van der Waals surface area contributed by atoms with E-state index in [9.17, 15) is 29.4 Å². The molecule has 4 aliphatic rings. The lowest BCUT2D eigenvalue weighted by molar-refractivity contribution is -0.160. The first-order valence-corrected chi connectivity index (χ1v) is 45.3. The lowest BCUT2D eigenvalue weighted by Gasteiger charge is -2.53. The van der Waals surface area contributed by atoms with Gasteiger partial charge in [-0.25, -0.2) is 15.0 Å². The maximum absolute atomic E-state index is 12.4. The second-order valence-corrected chi connectivity index (χ2v) is 40.3. The van der Waals surface area contributed by atoms with Crippen molar-refractivity contribution in [3.05, 3.63) is 76.9 Å². The Kier molecular flexibility index (Phi) is 39.4. The van der Waals surface area contributed by atoms with Gasteiger partial charge < -0.3 is 49.3 Å². The van der Waals surface area contributed by atoms with Crippen molar-refractivity contribution < 1.29 is 57.8 Å². The molecule has 5 heterocycles. The molecule has 1 aromatic heterocycles. The smallest absolute Gasteiger partial charge is 0.306 e. The van der Waals surface area contributed by atoms with Crippen LogP contribution in [-0.4, -0.2) is 168 Å². The van der Waals surface area contributed by atoms with E-state index in [1.54, 1.807) is 12.1 Å². The number of aromatic nitrogens is 3. The molecule has 117 heavy (non-hydrogen) atoms. The fraction of sp³-hybridized carbons (Fsp3) is 0.745. The highest BCUT2D eigenvalue weighted by Gasteiger charge is 2.47. The van der Waals surface area contributed by atoms with Crippen LogP contribution in [0.5, 0.6) is 11.5 Å². The summed E-state index contributed by atoms with van der Waals surface area (Å²) in [6.45, 7) is 46.6. The molecule has 0 amide bonds. The third-order valence-electron chi connectivity index (χ3n) is 24.5. The molecule has 4 fully saturated rings. The van der Waals surface area contributed by atoms with Crippen molar-refractivity contribution in [1.29, 1.82) is 0 Å². The highest BCUT2D eigenvalue weighted by Crippen LogP contribution is 2.42. The first kappa shape index (κ1) is 99.7. The first-order chi connectivity index (χ1) is 54.8. The predicted octanol–water partition coefficient (Wildman–Crippen LogP) is 21.8. The lowest BCUT2D eigenvalue weighted by atomic mass is 9.78. The average Bonchev–Trinajstić information content (AvgIpc) is 0.630. The molecule has 0 spiro atoms. The summed E-state index contributed by atoms with van der Waals surface area (Å²) in [4.78, 5) is 68.7. The van der Waals surface area contributed by atoms with Crippen LogP contribution in [-0.2, 0) is 42.9 Å². The molecule has 19 nitrogen and oxygen atoms in total. The topological polar surface area (TPSA) is 233 Å². The summed E-state index contributed by atoms with van der Waals surface area (Å²) in [7, 11) is 4.33. The number of hydrogen-bond acceptors (Lipinski definition) is 19. The Bertz CT molecular complexity index is 3450. The van der Waals surface area contributed by atoms with E-state index in [-0.39, 0.29) is 112 Å². The van der Waals surface area contributed by atoms with E-state index in [4.69, 9.17) is 43.4 Å². The van der Waals surface area contributed by atoms with Crippen LogP contribution in [0.15, 0.2) is 54.6 Å². The Morgan fingerprint density at radius 2 is 0.692 bits per heavy atom. The number of phenolic OH excluding ortho intramolecular Hbond substituents is 1. The number of ether oxygens (including phenoxy) is 6. The van der Waals surface area contributed by atoms with Gasteiger partial charge in [-0.15, -0.1) is 0 Å². The van der Waals surface area contributed by atoms with Gasteiger partial charge in [0.25, 0.3) is 0 Å². The number of aliphatic hydroxyl groups is 1. The molecule has 1 unspecified atom stereocenters. The minimum atomic E-state index is -0.760. The zero-order valence-electron chi connectivity index (χ0n) is 77.5. The molecule has 1 atom stereocenters. The molecule has 0 radical (unpaired) electrons. The van der Waals surface area contributed by atoms with Crippen LogP contribution in [0.1, 0.15) is 358 Å². The third kappa shape index (κ3) is 35.5. The summed E-state index contributed by atoms with van der Waals surface area (Å²) in [6, 6.07) is 17.4. The van der Waals surface area contributed by atoms with Crippen molar-refractivity contribution in [1.82, 2.24) is 35.4 Å². The minimum Gasteiger partial charge on any atom is -0.507 e. The van der Waals surface area contributed by atoms with Gasteiger partial charge in [0, 0.05) is 145 Å². The number of piperidine rings is 4. The number of hydrogen-bond donors (Lipinski definition) is 4. The van der Waals surface area contributed by atoms with Gasteiger partial charge in [-0.3, -0.25) is 29.0 Å². The van der Waals surface area contributed by atoms with Gasteiger partial charge in [-0.05, 0) is 208 Å². The molecule has 660 valence electrons. The number of nitrogens with zero attached hydrogens (tertiary/aromatic N) is 5.